The number of halogens is 2. The monoisotopic (exact) mass is 432 g/mol. The van der Waals surface area contributed by atoms with Crippen molar-refractivity contribution in [2.75, 3.05) is 18.2 Å². The fourth-order valence-electron chi connectivity index (χ4n) is 3.48. The van der Waals surface area contributed by atoms with Crippen LogP contribution in [0.25, 0.3) is 0 Å². The highest BCUT2D eigenvalue weighted by Crippen LogP contribution is 2.34. The zero-order valence-corrected chi connectivity index (χ0v) is 17.6. The summed E-state index contributed by atoms with van der Waals surface area (Å²) in [5.41, 5.74) is 0. The summed E-state index contributed by atoms with van der Waals surface area (Å²) < 4.78 is 0. The van der Waals surface area contributed by atoms with E-state index in [2.05, 4.69) is 0 Å². The fraction of sp³-hybridized carbons (Fsp3) is 1.00. The van der Waals surface area contributed by atoms with Crippen LogP contribution in [0, 0.1) is 11.8 Å². The molecule has 19 heavy (non-hydrogen) atoms. The molecule has 0 nitrogen and oxygen atoms in total. The molecule has 2 aliphatic carbocycles. The Morgan fingerprint density at radius 2 is 1.00 bits per heavy atom. The minimum absolute atomic E-state index is 0. The maximum atomic E-state index is 1.57. The second kappa shape index (κ2) is 13.5. The van der Waals surface area contributed by atoms with Crippen LogP contribution in [-0.2, 0) is 0 Å². The first-order valence-electron chi connectivity index (χ1n) is 7.86. The van der Waals surface area contributed by atoms with Gasteiger partial charge in [-0.2, -0.15) is 0 Å². The molecular formula is C15H32Br2P2. The average Bonchev–Trinajstić information content (AvgIpc) is 3.00. The van der Waals surface area contributed by atoms with E-state index in [0.717, 1.165) is 11.8 Å². The summed E-state index contributed by atoms with van der Waals surface area (Å²) in [5.74, 6) is 3.83. The molecule has 0 radical (unpaired) electrons. The topological polar surface area (TPSA) is 0 Å². The molecule has 2 rings (SSSR count). The summed E-state index contributed by atoms with van der Waals surface area (Å²) in [6.07, 6.45) is 18.5. The van der Waals surface area contributed by atoms with E-state index >= 15 is 0 Å². The van der Waals surface area contributed by atoms with Gasteiger partial charge in [0.1, 0.15) is 0 Å². The molecule has 0 aromatic rings. The SMILES string of the molecule is Br.Br.C1CCC(CCPCPCCC2CCCC2)C1. The predicted molar refractivity (Wildman–Crippen MR) is 105 cm³/mol. The van der Waals surface area contributed by atoms with E-state index in [1.807, 2.05) is 0 Å². The molecule has 0 aromatic heterocycles. The zero-order valence-electron chi connectivity index (χ0n) is 12.2. The van der Waals surface area contributed by atoms with Crippen LogP contribution in [0.15, 0.2) is 0 Å². The Bertz CT molecular complexity index is 171. The van der Waals surface area contributed by atoms with Crippen molar-refractivity contribution in [3.05, 3.63) is 0 Å². The van der Waals surface area contributed by atoms with Crippen molar-refractivity contribution in [1.29, 1.82) is 0 Å². The van der Waals surface area contributed by atoms with Gasteiger partial charge >= 0.3 is 0 Å². The van der Waals surface area contributed by atoms with Crippen molar-refractivity contribution >= 4 is 51.1 Å². The molecule has 116 valence electrons. The van der Waals surface area contributed by atoms with E-state index < -0.39 is 0 Å². The first-order valence-corrected chi connectivity index (χ1v) is 10.7. The van der Waals surface area contributed by atoms with Gasteiger partial charge in [0.15, 0.2) is 0 Å². The van der Waals surface area contributed by atoms with E-state index in [4.69, 9.17) is 0 Å². The van der Waals surface area contributed by atoms with Crippen molar-refractivity contribution in [1.82, 2.24) is 0 Å². The van der Waals surface area contributed by atoms with Crippen LogP contribution < -0.4 is 0 Å². The van der Waals surface area contributed by atoms with Gasteiger partial charge in [0.25, 0.3) is 0 Å². The van der Waals surface area contributed by atoms with Crippen LogP contribution in [0.5, 0.6) is 0 Å². The lowest BCUT2D eigenvalue weighted by Gasteiger charge is -2.10. The molecule has 0 heterocycles. The second-order valence-electron chi connectivity index (χ2n) is 6.06. The van der Waals surface area contributed by atoms with E-state index in [0.29, 0.717) is 0 Å². The van der Waals surface area contributed by atoms with Gasteiger partial charge in [0.2, 0.25) is 0 Å². The van der Waals surface area contributed by atoms with E-state index in [-0.39, 0.29) is 34.0 Å². The van der Waals surface area contributed by atoms with Gasteiger partial charge < -0.3 is 0 Å². The maximum Gasteiger partial charge on any atom is -0.0175 e. The Balaban J connectivity index is 0.00000162. The zero-order chi connectivity index (χ0) is 11.8. The molecule has 0 bridgehead atoms. The number of hydrogen-bond donors (Lipinski definition) is 0. The fourth-order valence-corrected chi connectivity index (χ4v) is 6.82. The second-order valence-corrected chi connectivity index (χ2v) is 9.47. The number of rotatable bonds is 8. The van der Waals surface area contributed by atoms with Crippen LogP contribution in [0.1, 0.15) is 64.2 Å². The summed E-state index contributed by atoms with van der Waals surface area (Å²) >= 11 is 0. The Hall–Kier alpha value is 1.82. The Kier molecular flexibility index (Phi) is 14.8. The van der Waals surface area contributed by atoms with Crippen molar-refractivity contribution in [3.8, 4) is 0 Å². The van der Waals surface area contributed by atoms with E-state index in [1.165, 1.54) is 42.8 Å². The predicted octanol–water partition coefficient (Wildman–Crippen LogP) is 6.62. The highest BCUT2D eigenvalue weighted by atomic mass is 79.9. The molecule has 0 saturated heterocycles. The molecule has 2 aliphatic rings. The summed E-state index contributed by atoms with van der Waals surface area (Å²) in [4.78, 5) is 0. The van der Waals surface area contributed by atoms with Crippen LogP contribution >= 0.6 is 51.1 Å². The Morgan fingerprint density at radius 3 is 1.37 bits per heavy atom. The quantitative estimate of drug-likeness (QED) is 0.298. The summed E-state index contributed by atoms with van der Waals surface area (Å²) in [6, 6.07) is 0. The van der Waals surface area contributed by atoms with Crippen LogP contribution in [-0.4, -0.2) is 18.2 Å². The van der Waals surface area contributed by atoms with Gasteiger partial charge in [-0.3, -0.25) is 0 Å². The highest BCUT2D eigenvalue weighted by molar-refractivity contribution is 8.93. The molecule has 2 unspecified atom stereocenters. The van der Waals surface area contributed by atoms with E-state index in [9.17, 15) is 0 Å². The molecule has 2 atom stereocenters. The van der Waals surface area contributed by atoms with Crippen molar-refractivity contribution in [2.45, 2.75) is 64.2 Å². The lowest BCUT2D eigenvalue weighted by Crippen LogP contribution is -1.95. The first-order chi connectivity index (χ1) is 8.45. The van der Waals surface area contributed by atoms with Crippen LogP contribution in [0.2, 0.25) is 0 Å². The molecule has 0 N–H and O–H groups in total. The third kappa shape index (κ3) is 9.44. The summed E-state index contributed by atoms with van der Waals surface area (Å²) in [7, 11) is 2.58. The standard InChI is InChI=1S/C15H30P2.2BrH/c1-2-6-14(5-1)9-11-16-13-17-12-10-15-7-3-4-8-15;;/h14-17H,1-13H2;2*1H. The van der Waals surface area contributed by atoms with Crippen LogP contribution in [0.3, 0.4) is 0 Å². The lowest BCUT2D eigenvalue weighted by atomic mass is 10.1. The minimum Gasteiger partial charge on any atom is -0.118 e. The molecule has 4 heteroatoms. The minimum atomic E-state index is 0. The molecule has 2 saturated carbocycles. The third-order valence-electron chi connectivity index (χ3n) is 4.66. The van der Waals surface area contributed by atoms with Gasteiger partial charge in [-0.05, 0) is 42.9 Å². The average molecular weight is 434 g/mol. The molecule has 0 aliphatic heterocycles. The summed E-state index contributed by atoms with van der Waals surface area (Å²) in [6.45, 7) is 0. The maximum absolute atomic E-state index is 1.57. The van der Waals surface area contributed by atoms with Gasteiger partial charge in [-0.1, -0.05) is 51.4 Å². The van der Waals surface area contributed by atoms with Crippen molar-refractivity contribution in [3.63, 3.8) is 0 Å². The Labute approximate surface area is 145 Å². The molecule has 0 spiro atoms. The van der Waals surface area contributed by atoms with Crippen molar-refractivity contribution in [2.24, 2.45) is 11.8 Å². The third-order valence-corrected chi connectivity index (χ3v) is 7.94. The van der Waals surface area contributed by atoms with Crippen molar-refractivity contribution < 1.29 is 0 Å². The largest absolute Gasteiger partial charge is 0.118 e. The van der Waals surface area contributed by atoms with E-state index in [1.54, 1.807) is 56.8 Å². The molecular weight excluding hydrogens is 402 g/mol. The van der Waals surface area contributed by atoms with Gasteiger partial charge in [-0.25, -0.2) is 0 Å². The van der Waals surface area contributed by atoms with Gasteiger partial charge in [-0.15, -0.1) is 51.1 Å². The molecule has 2 fully saturated rings. The lowest BCUT2D eigenvalue weighted by molar-refractivity contribution is 0.534. The smallest absolute Gasteiger partial charge is 0.0175 e. The molecule has 0 aromatic carbocycles. The normalized spacial score (nSPS) is 21.5. The number of hydrogen-bond acceptors (Lipinski definition) is 0. The van der Waals surface area contributed by atoms with Gasteiger partial charge in [0.05, 0.1) is 0 Å². The van der Waals surface area contributed by atoms with Crippen LogP contribution in [0.4, 0.5) is 0 Å². The summed E-state index contributed by atoms with van der Waals surface area (Å²) in [5, 5.41) is 0. The Morgan fingerprint density at radius 1 is 0.632 bits per heavy atom. The molecule has 0 amide bonds. The first kappa shape index (κ1) is 20.8. The highest BCUT2D eigenvalue weighted by Gasteiger charge is 2.14. The van der Waals surface area contributed by atoms with Gasteiger partial charge in [0, 0.05) is 0 Å².